The SMILES string of the molecule is CC(N)c1nc(CN(C)CC2CC3CCC2C3)cs1. The first-order valence-corrected chi connectivity index (χ1v) is 8.38. The molecule has 106 valence electrons. The number of nitrogens with zero attached hydrogens (tertiary/aromatic N) is 2. The summed E-state index contributed by atoms with van der Waals surface area (Å²) in [5, 5.41) is 3.22. The second-order valence-corrected chi connectivity index (χ2v) is 7.49. The summed E-state index contributed by atoms with van der Waals surface area (Å²) < 4.78 is 0. The lowest BCUT2D eigenvalue weighted by Crippen LogP contribution is -2.28. The van der Waals surface area contributed by atoms with Crippen molar-refractivity contribution in [1.82, 2.24) is 9.88 Å². The third-order valence-electron chi connectivity index (χ3n) is 4.82. The fourth-order valence-electron chi connectivity index (χ4n) is 3.95. The summed E-state index contributed by atoms with van der Waals surface area (Å²) in [6.45, 7) is 4.21. The second-order valence-electron chi connectivity index (χ2n) is 6.60. The molecule has 1 heterocycles. The van der Waals surface area contributed by atoms with Crippen molar-refractivity contribution in [3.8, 4) is 0 Å². The Bertz CT molecular complexity index is 429. The minimum absolute atomic E-state index is 0.0645. The summed E-state index contributed by atoms with van der Waals surface area (Å²) in [4.78, 5) is 7.07. The standard InChI is InChI=1S/C15H25N3S/c1-10(16)15-17-14(9-19-15)8-18(2)7-13-6-11-3-4-12(13)5-11/h9-13H,3-8,16H2,1-2H3. The molecule has 4 unspecified atom stereocenters. The Morgan fingerprint density at radius 1 is 1.47 bits per heavy atom. The van der Waals surface area contributed by atoms with Crippen LogP contribution in [0.25, 0.3) is 0 Å². The Morgan fingerprint density at radius 3 is 2.89 bits per heavy atom. The van der Waals surface area contributed by atoms with Crippen LogP contribution in [0.5, 0.6) is 0 Å². The smallest absolute Gasteiger partial charge is 0.109 e. The van der Waals surface area contributed by atoms with Crippen LogP contribution >= 0.6 is 11.3 Å². The van der Waals surface area contributed by atoms with E-state index in [1.54, 1.807) is 11.3 Å². The highest BCUT2D eigenvalue weighted by Gasteiger charge is 2.39. The minimum Gasteiger partial charge on any atom is -0.322 e. The maximum Gasteiger partial charge on any atom is 0.109 e. The lowest BCUT2D eigenvalue weighted by Gasteiger charge is -2.26. The predicted molar refractivity (Wildman–Crippen MR) is 80.0 cm³/mol. The van der Waals surface area contributed by atoms with Gasteiger partial charge in [-0.25, -0.2) is 4.98 Å². The monoisotopic (exact) mass is 279 g/mol. The van der Waals surface area contributed by atoms with Gasteiger partial charge in [0, 0.05) is 18.5 Å². The first kappa shape index (κ1) is 13.5. The zero-order valence-corrected chi connectivity index (χ0v) is 12.8. The molecule has 2 N–H and O–H groups in total. The van der Waals surface area contributed by atoms with E-state index in [0.29, 0.717) is 0 Å². The molecule has 2 fully saturated rings. The van der Waals surface area contributed by atoms with Gasteiger partial charge in [-0.2, -0.15) is 0 Å². The largest absolute Gasteiger partial charge is 0.322 e. The molecule has 0 aliphatic heterocycles. The van der Waals surface area contributed by atoms with Gasteiger partial charge in [-0.15, -0.1) is 11.3 Å². The van der Waals surface area contributed by atoms with E-state index in [1.807, 2.05) is 6.92 Å². The molecule has 2 aliphatic carbocycles. The van der Waals surface area contributed by atoms with Crippen molar-refractivity contribution in [3.05, 3.63) is 16.1 Å². The number of nitrogens with two attached hydrogens (primary N) is 1. The van der Waals surface area contributed by atoms with E-state index in [-0.39, 0.29) is 6.04 Å². The second kappa shape index (κ2) is 5.51. The highest BCUT2D eigenvalue weighted by molar-refractivity contribution is 7.09. The molecule has 4 heteroatoms. The quantitative estimate of drug-likeness (QED) is 0.901. The van der Waals surface area contributed by atoms with Crippen LogP contribution in [0.4, 0.5) is 0 Å². The van der Waals surface area contributed by atoms with Crippen molar-refractivity contribution in [2.45, 2.75) is 45.2 Å². The van der Waals surface area contributed by atoms with Gasteiger partial charge in [0.2, 0.25) is 0 Å². The summed E-state index contributed by atoms with van der Waals surface area (Å²) in [5.74, 6) is 3.00. The average molecular weight is 279 g/mol. The van der Waals surface area contributed by atoms with Crippen LogP contribution in [0.15, 0.2) is 5.38 Å². The van der Waals surface area contributed by atoms with Crippen LogP contribution in [0.3, 0.4) is 0 Å². The van der Waals surface area contributed by atoms with E-state index in [4.69, 9.17) is 5.73 Å². The lowest BCUT2D eigenvalue weighted by molar-refractivity contribution is 0.213. The molecule has 2 saturated carbocycles. The van der Waals surface area contributed by atoms with E-state index in [9.17, 15) is 0 Å². The maximum atomic E-state index is 5.87. The van der Waals surface area contributed by atoms with E-state index >= 15 is 0 Å². The Morgan fingerprint density at radius 2 is 2.32 bits per heavy atom. The fraction of sp³-hybridized carbons (Fsp3) is 0.800. The van der Waals surface area contributed by atoms with Gasteiger partial charge in [-0.05, 0) is 51.0 Å². The summed E-state index contributed by atoms with van der Waals surface area (Å²) in [5.41, 5.74) is 7.05. The Hall–Kier alpha value is -0.450. The molecule has 2 bridgehead atoms. The van der Waals surface area contributed by atoms with Gasteiger partial charge in [0.15, 0.2) is 0 Å². The number of hydrogen-bond donors (Lipinski definition) is 1. The van der Waals surface area contributed by atoms with Gasteiger partial charge < -0.3 is 10.6 Å². The summed E-state index contributed by atoms with van der Waals surface area (Å²) in [7, 11) is 2.23. The van der Waals surface area contributed by atoms with Crippen molar-refractivity contribution in [3.63, 3.8) is 0 Å². The van der Waals surface area contributed by atoms with Gasteiger partial charge in [0.1, 0.15) is 5.01 Å². The topological polar surface area (TPSA) is 42.1 Å². The average Bonchev–Trinajstić information content (AvgIpc) is 3.03. The first-order valence-electron chi connectivity index (χ1n) is 7.50. The normalized spacial score (nSPS) is 31.3. The zero-order valence-electron chi connectivity index (χ0n) is 12.0. The number of aromatic nitrogens is 1. The first-order chi connectivity index (χ1) is 9.11. The van der Waals surface area contributed by atoms with Gasteiger partial charge >= 0.3 is 0 Å². The molecule has 2 aliphatic rings. The van der Waals surface area contributed by atoms with Gasteiger partial charge in [0.25, 0.3) is 0 Å². The van der Waals surface area contributed by atoms with Gasteiger partial charge in [-0.3, -0.25) is 0 Å². The highest BCUT2D eigenvalue weighted by Crippen LogP contribution is 2.48. The molecule has 0 amide bonds. The highest BCUT2D eigenvalue weighted by atomic mass is 32.1. The number of rotatable bonds is 5. The summed E-state index contributed by atoms with van der Waals surface area (Å²) >= 11 is 1.69. The van der Waals surface area contributed by atoms with Crippen LogP contribution < -0.4 is 5.73 Å². The van der Waals surface area contributed by atoms with Crippen LogP contribution in [0.1, 0.15) is 49.4 Å². The maximum absolute atomic E-state index is 5.87. The minimum atomic E-state index is 0.0645. The van der Waals surface area contributed by atoms with Crippen molar-refractivity contribution in [2.75, 3.05) is 13.6 Å². The van der Waals surface area contributed by atoms with Crippen molar-refractivity contribution >= 4 is 11.3 Å². The molecule has 0 radical (unpaired) electrons. The zero-order chi connectivity index (χ0) is 13.4. The third kappa shape index (κ3) is 3.01. The van der Waals surface area contributed by atoms with Crippen LogP contribution in [-0.2, 0) is 6.54 Å². The van der Waals surface area contributed by atoms with Crippen LogP contribution in [-0.4, -0.2) is 23.5 Å². The van der Waals surface area contributed by atoms with E-state index in [1.165, 1.54) is 37.9 Å². The van der Waals surface area contributed by atoms with Crippen molar-refractivity contribution in [1.29, 1.82) is 0 Å². The van der Waals surface area contributed by atoms with Crippen LogP contribution in [0.2, 0.25) is 0 Å². The fourth-order valence-corrected chi connectivity index (χ4v) is 4.71. The van der Waals surface area contributed by atoms with E-state index in [2.05, 4.69) is 22.3 Å². The number of hydrogen-bond acceptors (Lipinski definition) is 4. The third-order valence-corrected chi connectivity index (χ3v) is 5.92. The Kier molecular flexibility index (Phi) is 3.92. The molecule has 4 atom stereocenters. The molecule has 0 spiro atoms. The molecule has 0 aromatic carbocycles. The number of thiazole rings is 1. The molecular weight excluding hydrogens is 254 g/mol. The number of fused-ring (bicyclic) bond motifs is 2. The van der Waals surface area contributed by atoms with E-state index in [0.717, 1.165) is 29.3 Å². The molecule has 19 heavy (non-hydrogen) atoms. The van der Waals surface area contributed by atoms with Gasteiger partial charge in [-0.1, -0.05) is 6.42 Å². The molecular formula is C15H25N3S. The lowest BCUT2D eigenvalue weighted by atomic mass is 9.88. The summed E-state index contributed by atoms with van der Waals surface area (Å²) in [6.07, 6.45) is 5.95. The Balaban J connectivity index is 1.51. The molecule has 0 saturated heterocycles. The van der Waals surface area contributed by atoms with Crippen LogP contribution in [0, 0.1) is 17.8 Å². The molecule has 3 rings (SSSR count). The van der Waals surface area contributed by atoms with E-state index < -0.39 is 0 Å². The van der Waals surface area contributed by atoms with Gasteiger partial charge in [0.05, 0.1) is 11.7 Å². The molecule has 1 aromatic rings. The summed E-state index contributed by atoms with van der Waals surface area (Å²) in [6, 6.07) is 0.0645. The predicted octanol–water partition coefficient (Wildman–Crippen LogP) is 3.03. The molecule has 1 aromatic heterocycles. The van der Waals surface area contributed by atoms with Crippen molar-refractivity contribution in [2.24, 2.45) is 23.5 Å². The molecule has 3 nitrogen and oxygen atoms in total. The Labute approximate surface area is 120 Å². The van der Waals surface area contributed by atoms with Crippen molar-refractivity contribution < 1.29 is 0 Å².